The van der Waals surface area contributed by atoms with Gasteiger partial charge in [0.1, 0.15) is 0 Å². The smallest absolute Gasteiger partial charge is 0.0372 e. The molecule has 0 amide bonds. The molecule has 2 heterocycles. The Morgan fingerprint density at radius 2 is 1.52 bits per heavy atom. The summed E-state index contributed by atoms with van der Waals surface area (Å²) in [5, 5.41) is 0. The summed E-state index contributed by atoms with van der Waals surface area (Å²) in [5.74, 6) is 0. The normalized spacial score (nSPS) is 19.9. The highest BCUT2D eigenvalue weighted by Gasteiger charge is 2.27. The summed E-state index contributed by atoms with van der Waals surface area (Å²) in [6.07, 6.45) is 4.58. The van der Waals surface area contributed by atoms with Crippen LogP contribution in [0.1, 0.15) is 12.8 Å². The number of hydrogen-bond donors (Lipinski definition) is 0. The minimum absolute atomic E-state index is 0.754. The molecule has 2 saturated heterocycles. The lowest BCUT2D eigenvalue weighted by Crippen LogP contribution is -2.53. The van der Waals surface area contributed by atoms with Gasteiger partial charge in [0, 0.05) is 57.5 Å². The van der Waals surface area contributed by atoms with Crippen LogP contribution >= 0.6 is 0 Å². The van der Waals surface area contributed by atoms with E-state index in [4.69, 9.17) is 0 Å². The van der Waals surface area contributed by atoms with E-state index in [1.807, 2.05) is 6.08 Å². The lowest BCUT2D eigenvalue weighted by Gasteiger charge is -2.43. The van der Waals surface area contributed by atoms with Crippen LogP contribution in [-0.4, -0.2) is 61.7 Å². The van der Waals surface area contributed by atoms with Gasteiger partial charge in [-0.05, 0) is 36.1 Å². The molecule has 3 heteroatoms. The van der Waals surface area contributed by atoms with Gasteiger partial charge in [-0.1, -0.05) is 48.5 Å². The minimum atomic E-state index is 0.754. The Hall–Kier alpha value is -2.10. The Balaban J connectivity index is 1.34. The summed E-state index contributed by atoms with van der Waals surface area (Å²) >= 11 is 0. The second kappa shape index (κ2) is 8.73. The molecule has 0 unspecified atom stereocenters. The van der Waals surface area contributed by atoms with Gasteiger partial charge in [-0.2, -0.15) is 0 Å². The Morgan fingerprint density at radius 3 is 2.22 bits per heavy atom. The van der Waals surface area contributed by atoms with E-state index in [0.29, 0.717) is 0 Å². The van der Waals surface area contributed by atoms with Gasteiger partial charge in [0.15, 0.2) is 0 Å². The summed E-state index contributed by atoms with van der Waals surface area (Å²) in [6, 6.07) is 20.5. The van der Waals surface area contributed by atoms with Crippen LogP contribution in [0.25, 0.3) is 11.1 Å². The van der Waals surface area contributed by atoms with Crippen molar-refractivity contribution in [2.24, 2.45) is 0 Å². The lowest BCUT2D eigenvalue weighted by molar-refractivity contribution is 0.0911. The SMILES string of the molecule is C=CCN1CCN(C2CCN(c3cccc(-c4ccccc4)c3)CC2)CC1. The van der Waals surface area contributed by atoms with Crippen LogP contribution in [0.5, 0.6) is 0 Å². The molecule has 2 aromatic rings. The van der Waals surface area contributed by atoms with E-state index in [2.05, 4.69) is 75.9 Å². The van der Waals surface area contributed by atoms with E-state index in [9.17, 15) is 0 Å². The van der Waals surface area contributed by atoms with Gasteiger partial charge in [0.25, 0.3) is 0 Å². The fourth-order valence-electron chi connectivity index (χ4n) is 4.50. The van der Waals surface area contributed by atoms with Crippen LogP contribution in [0.2, 0.25) is 0 Å². The molecule has 0 saturated carbocycles. The maximum atomic E-state index is 3.87. The molecular formula is C24H31N3. The van der Waals surface area contributed by atoms with Crippen LogP contribution in [0.4, 0.5) is 5.69 Å². The molecule has 0 bridgehead atoms. The molecule has 4 rings (SSSR count). The monoisotopic (exact) mass is 361 g/mol. The molecule has 2 aliphatic rings. The van der Waals surface area contributed by atoms with Crippen molar-refractivity contribution in [3.05, 3.63) is 67.3 Å². The van der Waals surface area contributed by atoms with Crippen molar-refractivity contribution in [3.63, 3.8) is 0 Å². The third kappa shape index (κ3) is 4.42. The lowest BCUT2D eigenvalue weighted by atomic mass is 10.00. The van der Waals surface area contributed by atoms with Gasteiger partial charge in [-0.3, -0.25) is 9.80 Å². The molecular weight excluding hydrogens is 330 g/mol. The summed E-state index contributed by atoms with van der Waals surface area (Å²) < 4.78 is 0. The summed E-state index contributed by atoms with van der Waals surface area (Å²) in [6.45, 7) is 12.0. The molecule has 0 radical (unpaired) electrons. The van der Waals surface area contributed by atoms with E-state index < -0.39 is 0 Å². The first-order valence-corrected chi connectivity index (χ1v) is 10.3. The second-order valence-electron chi connectivity index (χ2n) is 7.76. The number of piperidine rings is 1. The number of nitrogens with zero attached hydrogens (tertiary/aromatic N) is 3. The standard InChI is InChI=1S/C24H31N3/c1-2-13-25-16-18-27(19-17-25)23-11-14-26(15-12-23)24-10-6-9-22(20-24)21-7-4-3-5-8-21/h2-10,20,23H,1,11-19H2. The molecule has 0 N–H and O–H groups in total. The van der Waals surface area contributed by atoms with Crippen molar-refractivity contribution < 1.29 is 0 Å². The highest BCUT2D eigenvalue weighted by molar-refractivity contribution is 5.68. The van der Waals surface area contributed by atoms with Crippen molar-refractivity contribution in [1.82, 2.24) is 9.80 Å². The zero-order valence-electron chi connectivity index (χ0n) is 16.3. The first-order valence-electron chi connectivity index (χ1n) is 10.3. The Morgan fingerprint density at radius 1 is 0.815 bits per heavy atom. The fraction of sp³-hybridized carbons (Fsp3) is 0.417. The largest absolute Gasteiger partial charge is 0.371 e. The molecule has 0 aliphatic carbocycles. The predicted octanol–water partition coefficient (Wildman–Crippen LogP) is 4.13. The number of rotatable bonds is 5. The third-order valence-electron chi connectivity index (χ3n) is 6.09. The molecule has 2 aromatic carbocycles. The van der Waals surface area contributed by atoms with Gasteiger partial charge in [0.2, 0.25) is 0 Å². The minimum Gasteiger partial charge on any atom is -0.371 e. The maximum Gasteiger partial charge on any atom is 0.0372 e. The van der Waals surface area contributed by atoms with Crippen LogP contribution < -0.4 is 4.90 Å². The molecule has 27 heavy (non-hydrogen) atoms. The van der Waals surface area contributed by atoms with Crippen LogP contribution in [0, 0.1) is 0 Å². The van der Waals surface area contributed by atoms with Gasteiger partial charge in [0.05, 0.1) is 0 Å². The number of benzene rings is 2. The van der Waals surface area contributed by atoms with Gasteiger partial charge in [-0.25, -0.2) is 0 Å². The van der Waals surface area contributed by atoms with Crippen molar-refractivity contribution in [1.29, 1.82) is 0 Å². The zero-order chi connectivity index (χ0) is 18.5. The van der Waals surface area contributed by atoms with E-state index in [1.165, 1.54) is 55.8 Å². The average molecular weight is 362 g/mol. The molecule has 0 aromatic heterocycles. The number of hydrogen-bond acceptors (Lipinski definition) is 3. The molecule has 0 atom stereocenters. The van der Waals surface area contributed by atoms with E-state index in [0.717, 1.165) is 25.7 Å². The van der Waals surface area contributed by atoms with Crippen LogP contribution in [-0.2, 0) is 0 Å². The van der Waals surface area contributed by atoms with Crippen molar-refractivity contribution in [2.45, 2.75) is 18.9 Å². The van der Waals surface area contributed by atoms with Crippen molar-refractivity contribution >= 4 is 5.69 Å². The molecule has 2 aliphatic heterocycles. The predicted molar refractivity (Wildman–Crippen MR) is 115 cm³/mol. The molecule has 2 fully saturated rings. The van der Waals surface area contributed by atoms with Crippen molar-refractivity contribution in [2.75, 3.05) is 50.7 Å². The summed E-state index contributed by atoms with van der Waals surface area (Å²) in [4.78, 5) is 7.79. The quantitative estimate of drug-likeness (QED) is 0.742. The average Bonchev–Trinajstić information content (AvgIpc) is 2.75. The van der Waals surface area contributed by atoms with Crippen LogP contribution in [0.15, 0.2) is 67.3 Å². The molecule has 0 spiro atoms. The van der Waals surface area contributed by atoms with E-state index in [-0.39, 0.29) is 0 Å². The number of anilines is 1. The Bertz CT molecular complexity index is 726. The highest BCUT2D eigenvalue weighted by atomic mass is 15.3. The summed E-state index contributed by atoms with van der Waals surface area (Å²) in [5.41, 5.74) is 3.98. The van der Waals surface area contributed by atoms with Gasteiger partial charge in [-0.15, -0.1) is 6.58 Å². The molecule has 142 valence electrons. The third-order valence-corrected chi connectivity index (χ3v) is 6.09. The van der Waals surface area contributed by atoms with E-state index in [1.54, 1.807) is 0 Å². The molecule has 3 nitrogen and oxygen atoms in total. The highest BCUT2D eigenvalue weighted by Crippen LogP contribution is 2.28. The Kier molecular flexibility index (Phi) is 5.90. The first-order chi connectivity index (χ1) is 13.3. The fourth-order valence-corrected chi connectivity index (χ4v) is 4.50. The maximum absolute atomic E-state index is 3.87. The summed E-state index contributed by atoms with van der Waals surface area (Å²) in [7, 11) is 0. The first kappa shape index (κ1) is 18.3. The second-order valence-corrected chi connectivity index (χ2v) is 7.76. The van der Waals surface area contributed by atoms with Crippen LogP contribution in [0.3, 0.4) is 0 Å². The topological polar surface area (TPSA) is 9.72 Å². The zero-order valence-corrected chi connectivity index (χ0v) is 16.3. The van der Waals surface area contributed by atoms with Gasteiger partial charge >= 0.3 is 0 Å². The Labute approximate surface area is 163 Å². The van der Waals surface area contributed by atoms with Crippen molar-refractivity contribution in [3.8, 4) is 11.1 Å². The van der Waals surface area contributed by atoms with E-state index >= 15 is 0 Å². The van der Waals surface area contributed by atoms with Gasteiger partial charge < -0.3 is 4.90 Å². The number of piperazine rings is 1.